The summed E-state index contributed by atoms with van der Waals surface area (Å²) in [4.78, 5) is 10.9. The third-order valence-electron chi connectivity index (χ3n) is 5.67. The summed E-state index contributed by atoms with van der Waals surface area (Å²) in [5.74, 6) is -0.752. The van der Waals surface area contributed by atoms with E-state index in [2.05, 4.69) is 16.9 Å². The predicted octanol–water partition coefficient (Wildman–Crippen LogP) is 4.17. The Balaban J connectivity index is 0.00000420. The molecule has 158 valence electrons. The predicted molar refractivity (Wildman–Crippen MR) is 119 cm³/mol. The normalized spacial score (nSPS) is 16.4. The third kappa shape index (κ3) is 9.35. The molecule has 1 fully saturated rings. The summed E-state index contributed by atoms with van der Waals surface area (Å²) in [5, 5.41) is 8.69. The van der Waals surface area contributed by atoms with Crippen molar-refractivity contribution < 1.29 is 18.3 Å². The molecule has 1 aliphatic rings. The second kappa shape index (κ2) is 12.9. The third-order valence-corrected chi connectivity index (χ3v) is 7.15. The summed E-state index contributed by atoms with van der Waals surface area (Å²) in [7, 11) is -3.47. The average Bonchev–Trinajstić information content (AvgIpc) is 2.65. The molecule has 1 aromatic rings. The van der Waals surface area contributed by atoms with E-state index >= 15 is 0 Å². The minimum atomic E-state index is -3.47. The number of carbonyl (C=O) groups is 1. The van der Waals surface area contributed by atoms with Gasteiger partial charge < -0.3 is 5.11 Å². The van der Waals surface area contributed by atoms with Gasteiger partial charge in [-0.1, -0.05) is 49.1 Å². The van der Waals surface area contributed by atoms with Crippen molar-refractivity contribution >= 4 is 45.5 Å². The van der Waals surface area contributed by atoms with Gasteiger partial charge >= 0.3 is 35.5 Å². The molecule has 2 N–H and O–H groups in total. The Bertz CT molecular complexity index is 754. The van der Waals surface area contributed by atoms with Crippen LogP contribution in [-0.2, 0) is 14.8 Å². The Morgan fingerprint density at radius 3 is 2.41 bits per heavy atom. The Hall–Kier alpha value is -0.660. The molecule has 0 aliphatic heterocycles. The number of benzene rings is 1. The molecule has 0 spiro atoms. The molecule has 1 aliphatic carbocycles. The van der Waals surface area contributed by atoms with E-state index in [1.54, 1.807) is 12.1 Å². The maximum absolute atomic E-state index is 12.5. The molecule has 0 heterocycles. The van der Waals surface area contributed by atoms with Gasteiger partial charge in [0.2, 0.25) is 10.0 Å². The molecule has 0 amide bonds. The summed E-state index contributed by atoms with van der Waals surface area (Å²) in [5.41, 5.74) is 1.19. The van der Waals surface area contributed by atoms with E-state index in [0.717, 1.165) is 37.7 Å². The van der Waals surface area contributed by atoms with Crippen LogP contribution in [0.3, 0.4) is 0 Å². The van der Waals surface area contributed by atoms with E-state index in [1.807, 2.05) is 19.1 Å². The molecular weight excluding hydrogens is 397 g/mol. The Morgan fingerprint density at radius 2 is 1.79 bits per heavy atom. The van der Waals surface area contributed by atoms with Gasteiger partial charge in [0.05, 0.1) is 4.90 Å². The number of carboxylic acids is 1. The van der Waals surface area contributed by atoms with E-state index in [1.165, 1.54) is 19.3 Å². The summed E-state index contributed by atoms with van der Waals surface area (Å²) in [6, 6.07) is 6.92. The standard InChI is InChI=1S/C22H33NO4S.Na.H/c1-19-10-12-20(13-11-19)28(26,27)23-18-17-22(15-7-4-8-16-22)14-6-3-2-5-9-21(24)25;;/h3,6,10-13,23H,2,4-5,7-9,14-18H2,1H3,(H,24,25);;/b6-3-;;. The molecule has 0 aromatic heterocycles. The van der Waals surface area contributed by atoms with Gasteiger partial charge in [0.25, 0.3) is 0 Å². The summed E-state index contributed by atoms with van der Waals surface area (Å²) < 4.78 is 27.8. The van der Waals surface area contributed by atoms with E-state index in [9.17, 15) is 13.2 Å². The molecule has 1 aromatic carbocycles. The van der Waals surface area contributed by atoms with Crippen molar-refractivity contribution in [1.82, 2.24) is 4.72 Å². The molecule has 0 unspecified atom stereocenters. The van der Waals surface area contributed by atoms with E-state index in [-0.39, 0.29) is 41.4 Å². The van der Waals surface area contributed by atoms with Gasteiger partial charge in [-0.3, -0.25) is 4.79 Å². The van der Waals surface area contributed by atoms with Crippen LogP contribution in [-0.4, -0.2) is 55.6 Å². The van der Waals surface area contributed by atoms with Crippen molar-refractivity contribution in [3.63, 3.8) is 0 Å². The number of aliphatic carboxylic acids is 1. The second-order valence-corrected chi connectivity index (χ2v) is 9.75. The molecule has 0 radical (unpaired) electrons. The number of nitrogens with one attached hydrogen (secondary N) is 1. The molecule has 1 saturated carbocycles. The number of aryl methyl sites for hydroxylation is 1. The van der Waals surface area contributed by atoms with Crippen LogP contribution in [0.15, 0.2) is 41.3 Å². The van der Waals surface area contributed by atoms with Gasteiger partial charge in [-0.05, 0) is 63.0 Å². The monoisotopic (exact) mass is 431 g/mol. The van der Waals surface area contributed by atoms with Crippen molar-refractivity contribution in [2.75, 3.05) is 6.54 Å². The fourth-order valence-corrected chi connectivity index (χ4v) is 4.96. The van der Waals surface area contributed by atoms with Gasteiger partial charge in [-0.15, -0.1) is 0 Å². The quantitative estimate of drug-likeness (QED) is 0.313. The zero-order valence-electron chi connectivity index (χ0n) is 16.8. The summed E-state index contributed by atoms with van der Waals surface area (Å²) in [6.45, 7) is 2.38. The van der Waals surface area contributed by atoms with Crippen LogP contribution in [0.2, 0.25) is 0 Å². The number of hydrogen-bond acceptors (Lipinski definition) is 3. The molecule has 0 saturated heterocycles. The van der Waals surface area contributed by atoms with Crippen molar-refractivity contribution in [3.8, 4) is 0 Å². The van der Waals surface area contributed by atoms with E-state index in [4.69, 9.17) is 5.11 Å². The first-order valence-corrected chi connectivity index (χ1v) is 11.7. The molecule has 2 rings (SSSR count). The first-order chi connectivity index (χ1) is 13.3. The zero-order chi connectivity index (χ0) is 20.5. The van der Waals surface area contributed by atoms with Crippen molar-refractivity contribution in [3.05, 3.63) is 42.0 Å². The molecule has 29 heavy (non-hydrogen) atoms. The van der Waals surface area contributed by atoms with Crippen LogP contribution in [0.1, 0.15) is 69.8 Å². The van der Waals surface area contributed by atoms with Gasteiger partial charge in [0.1, 0.15) is 0 Å². The minimum absolute atomic E-state index is 0. The van der Waals surface area contributed by atoms with Gasteiger partial charge in [0, 0.05) is 13.0 Å². The first kappa shape index (κ1) is 26.4. The van der Waals surface area contributed by atoms with Crippen molar-refractivity contribution in [2.24, 2.45) is 5.41 Å². The number of rotatable bonds is 11. The van der Waals surface area contributed by atoms with Crippen LogP contribution in [0.5, 0.6) is 0 Å². The number of allylic oxidation sites excluding steroid dienone is 2. The second-order valence-electron chi connectivity index (χ2n) is 7.98. The number of hydrogen-bond donors (Lipinski definition) is 2. The van der Waals surface area contributed by atoms with Crippen LogP contribution >= 0.6 is 0 Å². The SMILES string of the molecule is Cc1ccc(S(=O)(=O)NCCC2(C/C=C\CCCC(=O)O)CCCCC2)cc1.[NaH]. The first-order valence-electron chi connectivity index (χ1n) is 10.3. The zero-order valence-corrected chi connectivity index (χ0v) is 17.6. The fourth-order valence-electron chi connectivity index (χ4n) is 3.93. The van der Waals surface area contributed by atoms with E-state index < -0.39 is 16.0 Å². The molecule has 7 heteroatoms. The molecule has 0 atom stereocenters. The van der Waals surface area contributed by atoms with E-state index in [0.29, 0.717) is 17.9 Å². The molecule has 0 bridgehead atoms. The van der Waals surface area contributed by atoms with Crippen LogP contribution in [0.25, 0.3) is 0 Å². The van der Waals surface area contributed by atoms with Gasteiger partial charge in [0.15, 0.2) is 0 Å². The van der Waals surface area contributed by atoms with Crippen molar-refractivity contribution in [2.45, 2.75) is 76.0 Å². The molecular formula is C22H34NNaO4S. The number of carboxylic acid groups (broad SMARTS) is 1. The Labute approximate surface area is 197 Å². The topological polar surface area (TPSA) is 83.5 Å². The maximum atomic E-state index is 12.5. The molecule has 5 nitrogen and oxygen atoms in total. The number of sulfonamides is 1. The number of unbranched alkanes of at least 4 members (excludes halogenated alkanes) is 1. The van der Waals surface area contributed by atoms with Gasteiger partial charge in [-0.2, -0.15) is 0 Å². The fraction of sp³-hybridized carbons (Fsp3) is 0.591. The average molecular weight is 432 g/mol. The van der Waals surface area contributed by atoms with Crippen LogP contribution in [0.4, 0.5) is 0 Å². The van der Waals surface area contributed by atoms with Gasteiger partial charge in [-0.25, -0.2) is 13.1 Å². The Morgan fingerprint density at radius 1 is 1.14 bits per heavy atom. The van der Waals surface area contributed by atoms with Crippen molar-refractivity contribution in [1.29, 1.82) is 0 Å². The van der Waals surface area contributed by atoms with Crippen LogP contribution in [0, 0.1) is 12.3 Å². The summed E-state index contributed by atoms with van der Waals surface area (Å²) >= 11 is 0. The van der Waals surface area contributed by atoms with Crippen LogP contribution < -0.4 is 4.72 Å². The summed E-state index contributed by atoms with van der Waals surface area (Å²) in [6.07, 6.45) is 13.5. The Kier molecular flexibility index (Phi) is 11.7.